The van der Waals surface area contributed by atoms with Crippen molar-refractivity contribution in [3.8, 4) is 11.5 Å². The summed E-state index contributed by atoms with van der Waals surface area (Å²) < 4.78 is 9.75. The van der Waals surface area contributed by atoms with E-state index in [0.29, 0.717) is 17.9 Å². The predicted molar refractivity (Wildman–Crippen MR) is 62.8 cm³/mol. The number of carbonyl (C=O) groups is 1. The molecule has 0 unspecified atom stereocenters. The van der Waals surface area contributed by atoms with Crippen LogP contribution in [0.2, 0.25) is 0 Å². The molecule has 0 bridgehead atoms. The molecule has 0 aliphatic rings. The zero-order valence-corrected chi connectivity index (χ0v) is 9.97. The molecule has 0 saturated heterocycles. The van der Waals surface area contributed by atoms with Crippen LogP contribution < -0.4 is 10.5 Å². The van der Waals surface area contributed by atoms with E-state index in [-0.39, 0.29) is 18.1 Å². The molecule has 0 aliphatic carbocycles. The molecular weight excluding hydrogens is 222 g/mol. The summed E-state index contributed by atoms with van der Waals surface area (Å²) in [5.74, 6) is 0.172. The molecule has 0 heterocycles. The average Bonchev–Trinajstić information content (AvgIpc) is 2.28. The summed E-state index contributed by atoms with van der Waals surface area (Å²) in [4.78, 5) is 11.3. The van der Waals surface area contributed by atoms with Gasteiger partial charge >= 0.3 is 5.97 Å². The molecule has 0 amide bonds. The number of esters is 1. The molecule has 0 spiro atoms. The van der Waals surface area contributed by atoms with Gasteiger partial charge in [-0.25, -0.2) is 0 Å². The van der Waals surface area contributed by atoms with Crippen molar-refractivity contribution in [3.63, 3.8) is 0 Å². The maximum atomic E-state index is 11.3. The second-order valence-electron chi connectivity index (χ2n) is 3.54. The molecule has 1 atom stereocenters. The Kier molecular flexibility index (Phi) is 4.78. The van der Waals surface area contributed by atoms with Crippen molar-refractivity contribution < 1.29 is 19.4 Å². The van der Waals surface area contributed by atoms with Crippen LogP contribution in [0.3, 0.4) is 0 Å². The van der Waals surface area contributed by atoms with Gasteiger partial charge in [0.2, 0.25) is 0 Å². The third-order valence-corrected chi connectivity index (χ3v) is 2.33. The van der Waals surface area contributed by atoms with Gasteiger partial charge in [-0.1, -0.05) is 6.07 Å². The molecule has 0 saturated carbocycles. The molecule has 0 aromatic heterocycles. The standard InChI is InChI=1S/C12H17NO4/c1-3-17-12(15)7-10(13)9-5-4-8(16-2)6-11(9)14/h4-6,10,14H,3,7,13H2,1-2H3/t10-/m1/s1. The number of carbonyl (C=O) groups excluding carboxylic acids is 1. The summed E-state index contributed by atoms with van der Waals surface area (Å²) in [6.45, 7) is 2.05. The van der Waals surface area contributed by atoms with Gasteiger partial charge in [0.1, 0.15) is 11.5 Å². The molecule has 0 fully saturated rings. The van der Waals surface area contributed by atoms with Crippen molar-refractivity contribution in [2.24, 2.45) is 5.73 Å². The van der Waals surface area contributed by atoms with Gasteiger partial charge in [0.05, 0.1) is 20.1 Å². The van der Waals surface area contributed by atoms with Gasteiger partial charge in [0.25, 0.3) is 0 Å². The number of aromatic hydroxyl groups is 1. The Balaban J connectivity index is 2.75. The molecule has 0 aliphatic heterocycles. The van der Waals surface area contributed by atoms with Crippen molar-refractivity contribution >= 4 is 5.97 Å². The Hall–Kier alpha value is -1.75. The van der Waals surface area contributed by atoms with E-state index in [4.69, 9.17) is 15.2 Å². The van der Waals surface area contributed by atoms with E-state index in [0.717, 1.165) is 0 Å². The van der Waals surface area contributed by atoms with Crippen LogP contribution in [-0.4, -0.2) is 24.8 Å². The van der Waals surface area contributed by atoms with Gasteiger partial charge in [-0.15, -0.1) is 0 Å². The van der Waals surface area contributed by atoms with Crippen LogP contribution in [0, 0.1) is 0 Å². The van der Waals surface area contributed by atoms with E-state index < -0.39 is 6.04 Å². The van der Waals surface area contributed by atoms with Gasteiger partial charge < -0.3 is 20.3 Å². The highest BCUT2D eigenvalue weighted by molar-refractivity contribution is 5.70. The summed E-state index contributed by atoms with van der Waals surface area (Å²) in [6, 6.07) is 4.19. The van der Waals surface area contributed by atoms with Crippen LogP contribution in [0.4, 0.5) is 0 Å². The highest BCUT2D eigenvalue weighted by atomic mass is 16.5. The molecule has 5 nitrogen and oxygen atoms in total. The van der Waals surface area contributed by atoms with Gasteiger partial charge in [-0.3, -0.25) is 4.79 Å². The van der Waals surface area contributed by atoms with Crippen molar-refractivity contribution in [2.75, 3.05) is 13.7 Å². The van der Waals surface area contributed by atoms with Gasteiger partial charge in [0, 0.05) is 17.7 Å². The summed E-state index contributed by atoms with van der Waals surface area (Å²) in [6.07, 6.45) is 0.0354. The topological polar surface area (TPSA) is 81.8 Å². The van der Waals surface area contributed by atoms with Crippen LogP contribution in [-0.2, 0) is 9.53 Å². The number of nitrogens with two attached hydrogens (primary N) is 1. The first kappa shape index (κ1) is 13.3. The van der Waals surface area contributed by atoms with Crippen LogP contribution in [0.25, 0.3) is 0 Å². The number of methoxy groups -OCH3 is 1. The van der Waals surface area contributed by atoms with E-state index >= 15 is 0 Å². The molecular formula is C12H17NO4. The summed E-state index contributed by atoms with van der Waals surface area (Å²) >= 11 is 0. The van der Waals surface area contributed by atoms with Gasteiger partial charge in [-0.05, 0) is 13.0 Å². The Morgan fingerprint density at radius 1 is 1.53 bits per heavy atom. The van der Waals surface area contributed by atoms with E-state index in [1.165, 1.54) is 13.2 Å². The lowest BCUT2D eigenvalue weighted by atomic mass is 10.0. The fraction of sp³-hybridized carbons (Fsp3) is 0.417. The third kappa shape index (κ3) is 3.64. The highest BCUT2D eigenvalue weighted by Crippen LogP contribution is 2.28. The van der Waals surface area contributed by atoms with E-state index in [1.807, 2.05) is 0 Å². The normalized spacial score (nSPS) is 11.9. The largest absolute Gasteiger partial charge is 0.507 e. The minimum Gasteiger partial charge on any atom is -0.507 e. The van der Waals surface area contributed by atoms with Gasteiger partial charge in [0.15, 0.2) is 0 Å². The molecule has 5 heteroatoms. The summed E-state index contributed by atoms with van der Waals surface area (Å²) in [5.41, 5.74) is 6.32. The molecule has 1 rings (SSSR count). The Bertz CT molecular complexity index is 392. The molecule has 0 radical (unpaired) electrons. The van der Waals surface area contributed by atoms with Crippen molar-refractivity contribution in [1.82, 2.24) is 0 Å². The highest BCUT2D eigenvalue weighted by Gasteiger charge is 2.16. The van der Waals surface area contributed by atoms with Crippen LogP contribution in [0.1, 0.15) is 24.9 Å². The Morgan fingerprint density at radius 3 is 2.76 bits per heavy atom. The third-order valence-electron chi connectivity index (χ3n) is 2.33. The lowest BCUT2D eigenvalue weighted by Gasteiger charge is -2.13. The van der Waals surface area contributed by atoms with Crippen molar-refractivity contribution in [1.29, 1.82) is 0 Å². The number of phenolic OH excluding ortho intramolecular Hbond substituents is 1. The lowest BCUT2D eigenvalue weighted by molar-refractivity contribution is -0.143. The first-order chi connectivity index (χ1) is 8.08. The maximum Gasteiger partial charge on any atom is 0.307 e. The number of ether oxygens (including phenoxy) is 2. The number of rotatable bonds is 5. The molecule has 17 heavy (non-hydrogen) atoms. The smallest absolute Gasteiger partial charge is 0.307 e. The zero-order chi connectivity index (χ0) is 12.8. The summed E-state index contributed by atoms with van der Waals surface area (Å²) in [5, 5.41) is 9.72. The molecule has 1 aromatic rings. The quantitative estimate of drug-likeness (QED) is 0.758. The second-order valence-corrected chi connectivity index (χ2v) is 3.54. The lowest BCUT2D eigenvalue weighted by Crippen LogP contribution is -2.17. The zero-order valence-electron chi connectivity index (χ0n) is 9.97. The van der Waals surface area contributed by atoms with Crippen LogP contribution in [0.15, 0.2) is 18.2 Å². The van der Waals surface area contributed by atoms with Crippen molar-refractivity contribution in [2.45, 2.75) is 19.4 Å². The Labute approximate surface area is 100 Å². The SMILES string of the molecule is CCOC(=O)C[C@@H](N)c1ccc(OC)cc1O. The van der Waals surface area contributed by atoms with Crippen LogP contribution in [0.5, 0.6) is 11.5 Å². The number of hydrogen-bond donors (Lipinski definition) is 2. The first-order valence-electron chi connectivity index (χ1n) is 5.36. The minimum absolute atomic E-state index is 0.0150. The van der Waals surface area contributed by atoms with Crippen LogP contribution >= 0.6 is 0 Å². The monoisotopic (exact) mass is 239 g/mol. The number of benzene rings is 1. The second kappa shape index (κ2) is 6.10. The van der Waals surface area contributed by atoms with Gasteiger partial charge in [-0.2, -0.15) is 0 Å². The average molecular weight is 239 g/mol. The maximum absolute atomic E-state index is 11.3. The predicted octanol–water partition coefficient (Wildman–Crippen LogP) is 1.35. The van der Waals surface area contributed by atoms with E-state index in [9.17, 15) is 9.90 Å². The fourth-order valence-electron chi connectivity index (χ4n) is 1.47. The Morgan fingerprint density at radius 2 is 2.24 bits per heavy atom. The minimum atomic E-state index is -0.583. The first-order valence-corrected chi connectivity index (χ1v) is 5.36. The number of hydrogen-bond acceptors (Lipinski definition) is 5. The molecule has 1 aromatic carbocycles. The molecule has 94 valence electrons. The van der Waals surface area contributed by atoms with E-state index in [2.05, 4.69) is 0 Å². The number of phenols is 1. The van der Waals surface area contributed by atoms with E-state index in [1.54, 1.807) is 19.1 Å². The van der Waals surface area contributed by atoms with Crippen molar-refractivity contribution in [3.05, 3.63) is 23.8 Å². The molecule has 3 N–H and O–H groups in total. The fourth-order valence-corrected chi connectivity index (χ4v) is 1.47. The summed E-state index contributed by atoms with van der Waals surface area (Å²) in [7, 11) is 1.51.